The average molecular weight is 296 g/mol. The smallest absolute Gasteiger partial charge is 0.331 e. The number of aryl methyl sites for hydroxylation is 1. The van der Waals surface area contributed by atoms with Crippen LogP contribution in [0.25, 0.3) is 6.08 Å². The molecule has 0 saturated heterocycles. The van der Waals surface area contributed by atoms with E-state index in [2.05, 4.69) is 24.1 Å². The molecular weight excluding hydrogens is 276 g/mol. The van der Waals surface area contributed by atoms with Crippen LogP contribution in [-0.2, 0) is 14.3 Å². The van der Waals surface area contributed by atoms with Gasteiger partial charge in [0.05, 0.1) is 10.7 Å². The largest absolute Gasteiger partial charge is 0.452 e. The third kappa shape index (κ3) is 7.04. The molecule has 0 spiro atoms. The van der Waals surface area contributed by atoms with Crippen molar-refractivity contribution in [1.82, 2.24) is 10.3 Å². The highest BCUT2D eigenvalue weighted by molar-refractivity contribution is 7.09. The highest BCUT2D eigenvalue weighted by Crippen LogP contribution is 2.09. The molecule has 1 rings (SSSR count). The number of nitrogens with zero attached hydrogens (tertiary/aromatic N) is 1. The van der Waals surface area contributed by atoms with E-state index in [1.54, 1.807) is 6.08 Å². The molecule has 0 aliphatic carbocycles. The van der Waals surface area contributed by atoms with E-state index in [0.29, 0.717) is 18.2 Å². The van der Waals surface area contributed by atoms with E-state index >= 15 is 0 Å². The van der Waals surface area contributed by atoms with Gasteiger partial charge < -0.3 is 10.1 Å². The Morgan fingerprint density at radius 1 is 1.50 bits per heavy atom. The fourth-order valence-electron chi connectivity index (χ4n) is 1.35. The lowest BCUT2D eigenvalue weighted by atomic mass is 10.1. The van der Waals surface area contributed by atoms with Crippen LogP contribution >= 0.6 is 11.3 Å². The zero-order valence-electron chi connectivity index (χ0n) is 12.0. The van der Waals surface area contributed by atoms with Gasteiger partial charge in [-0.05, 0) is 25.3 Å². The topological polar surface area (TPSA) is 68.3 Å². The lowest BCUT2D eigenvalue weighted by Crippen LogP contribution is -2.29. The number of hydrogen-bond acceptors (Lipinski definition) is 5. The van der Waals surface area contributed by atoms with E-state index in [4.69, 9.17) is 4.74 Å². The predicted molar refractivity (Wildman–Crippen MR) is 79.3 cm³/mol. The summed E-state index contributed by atoms with van der Waals surface area (Å²) in [6, 6.07) is 0. The van der Waals surface area contributed by atoms with Gasteiger partial charge in [0, 0.05) is 18.0 Å². The molecule has 1 heterocycles. The van der Waals surface area contributed by atoms with Crippen LogP contribution in [0.2, 0.25) is 0 Å². The Hall–Kier alpha value is -1.69. The number of rotatable bonds is 7. The molecule has 5 nitrogen and oxygen atoms in total. The number of carbonyl (C=O) groups excluding carboxylic acids is 2. The van der Waals surface area contributed by atoms with Crippen molar-refractivity contribution < 1.29 is 14.3 Å². The van der Waals surface area contributed by atoms with E-state index in [-0.39, 0.29) is 12.5 Å². The lowest BCUT2D eigenvalue weighted by Gasteiger charge is -2.06. The van der Waals surface area contributed by atoms with Gasteiger partial charge in [0.2, 0.25) is 0 Å². The van der Waals surface area contributed by atoms with E-state index in [9.17, 15) is 9.59 Å². The van der Waals surface area contributed by atoms with Gasteiger partial charge in [-0.15, -0.1) is 11.3 Å². The first kappa shape index (κ1) is 16.4. The van der Waals surface area contributed by atoms with Crippen LogP contribution in [0.5, 0.6) is 0 Å². The quantitative estimate of drug-likeness (QED) is 0.618. The van der Waals surface area contributed by atoms with Crippen molar-refractivity contribution in [3.8, 4) is 0 Å². The van der Waals surface area contributed by atoms with Crippen LogP contribution in [0.3, 0.4) is 0 Å². The Labute approximate surface area is 123 Å². The van der Waals surface area contributed by atoms with Gasteiger partial charge in [0.1, 0.15) is 0 Å². The molecule has 0 aliphatic rings. The second-order valence-electron chi connectivity index (χ2n) is 4.76. The molecule has 1 aromatic heterocycles. The van der Waals surface area contributed by atoms with Gasteiger partial charge in [0.25, 0.3) is 5.91 Å². The van der Waals surface area contributed by atoms with Gasteiger partial charge in [-0.2, -0.15) is 0 Å². The number of nitrogens with one attached hydrogen (secondary N) is 1. The second-order valence-corrected chi connectivity index (χ2v) is 5.83. The summed E-state index contributed by atoms with van der Waals surface area (Å²) < 4.78 is 4.83. The maximum Gasteiger partial charge on any atom is 0.331 e. The third-order valence-electron chi connectivity index (χ3n) is 2.42. The minimum absolute atomic E-state index is 0.253. The summed E-state index contributed by atoms with van der Waals surface area (Å²) >= 11 is 1.51. The standard InChI is InChI=1S/C14H20N2O3S/c1-10(2)6-7-15-13(17)8-19-14(18)5-4-12-9-20-11(3)16-12/h4-5,9-10H,6-8H2,1-3H3,(H,15,17). The molecule has 0 unspecified atom stereocenters. The van der Waals surface area contributed by atoms with Crippen molar-refractivity contribution in [1.29, 1.82) is 0 Å². The number of thiazole rings is 1. The molecule has 0 saturated carbocycles. The first-order valence-corrected chi connectivity index (χ1v) is 7.39. The fourth-order valence-corrected chi connectivity index (χ4v) is 1.93. The van der Waals surface area contributed by atoms with Gasteiger partial charge in [0.15, 0.2) is 6.61 Å². The Morgan fingerprint density at radius 2 is 2.25 bits per heavy atom. The summed E-state index contributed by atoms with van der Waals surface area (Å²) in [5, 5.41) is 5.47. The van der Waals surface area contributed by atoms with E-state index in [0.717, 1.165) is 11.4 Å². The van der Waals surface area contributed by atoms with Gasteiger partial charge >= 0.3 is 5.97 Å². The lowest BCUT2D eigenvalue weighted by molar-refractivity contribution is -0.143. The van der Waals surface area contributed by atoms with Crippen molar-refractivity contribution in [2.75, 3.05) is 13.2 Å². The molecule has 0 radical (unpaired) electrons. The maximum absolute atomic E-state index is 11.4. The van der Waals surface area contributed by atoms with Gasteiger partial charge in [-0.25, -0.2) is 9.78 Å². The predicted octanol–water partition coefficient (Wildman–Crippen LogP) is 2.17. The third-order valence-corrected chi connectivity index (χ3v) is 3.21. The van der Waals surface area contributed by atoms with Gasteiger partial charge in [-0.3, -0.25) is 4.79 Å². The molecular formula is C14H20N2O3S. The van der Waals surface area contributed by atoms with Crippen LogP contribution in [0.15, 0.2) is 11.5 Å². The van der Waals surface area contributed by atoms with Crippen LogP contribution < -0.4 is 5.32 Å². The molecule has 0 atom stereocenters. The number of amides is 1. The van der Waals surface area contributed by atoms with Crippen molar-refractivity contribution in [3.05, 3.63) is 22.2 Å². The Kier molecular flexibility index (Phi) is 6.93. The summed E-state index contributed by atoms with van der Waals surface area (Å²) in [6.07, 6.45) is 3.75. The summed E-state index contributed by atoms with van der Waals surface area (Å²) in [5.74, 6) is -0.297. The minimum Gasteiger partial charge on any atom is -0.452 e. The number of carbonyl (C=O) groups is 2. The summed E-state index contributed by atoms with van der Waals surface area (Å²) in [5.41, 5.74) is 0.714. The van der Waals surface area contributed by atoms with Crippen molar-refractivity contribution in [2.45, 2.75) is 27.2 Å². The van der Waals surface area contributed by atoms with E-state index in [1.807, 2.05) is 12.3 Å². The molecule has 0 aromatic carbocycles. The molecule has 110 valence electrons. The molecule has 6 heteroatoms. The number of aromatic nitrogens is 1. The monoisotopic (exact) mass is 296 g/mol. The van der Waals surface area contributed by atoms with Crippen molar-refractivity contribution >= 4 is 29.3 Å². The molecule has 0 aliphatic heterocycles. The highest BCUT2D eigenvalue weighted by Gasteiger charge is 2.05. The van der Waals surface area contributed by atoms with Crippen LogP contribution in [-0.4, -0.2) is 30.0 Å². The molecule has 1 N–H and O–H groups in total. The van der Waals surface area contributed by atoms with Crippen molar-refractivity contribution in [2.24, 2.45) is 5.92 Å². The Morgan fingerprint density at radius 3 is 2.85 bits per heavy atom. The summed E-state index contributed by atoms with van der Waals surface area (Å²) in [4.78, 5) is 27.0. The number of esters is 1. The van der Waals surface area contributed by atoms with E-state index < -0.39 is 5.97 Å². The summed E-state index contributed by atoms with van der Waals surface area (Å²) in [6.45, 7) is 6.40. The molecule has 1 aromatic rings. The molecule has 0 bridgehead atoms. The fraction of sp³-hybridized carbons (Fsp3) is 0.500. The highest BCUT2D eigenvalue weighted by atomic mass is 32.1. The zero-order chi connectivity index (χ0) is 15.0. The first-order chi connectivity index (χ1) is 9.47. The first-order valence-electron chi connectivity index (χ1n) is 6.51. The Balaban J connectivity index is 2.22. The SMILES string of the molecule is Cc1nc(C=CC(=O)OCC(=O)NCCC(C)C)cs1. The maximum atomic E-state index is 11.4. The summed E-state index contributed by atoms with van der Waals surface area (Å²) in [7, 11) is 0. The zero-order valence-corrected chi connectivity index (χ0v) is 12.8. The molecule has 0 fully saturated rings. The van der Waals surface area contributed by atoms with E-state index in [1.165, 1.54) is 17.4 Å². The average Bonchev–Trinajstić information content (AvgIpc) is 2.79. The number of hydrogen-bond donors (Lipinski definition) is 1. The molecule has 20 heavy (non-hydrogen) atoms. The van der Waals surface area contributed by atoms with Crippen molar-refractivity contribution in [3.63, 3.8) is 0 Å². The molecule has 1 amide bonds. The normalized spacial score (nSPS) is 11.0. The van der Waals surface area contributed by atoms with Crippen LogP contribution in [0, 0.1) is 12.8 Å². The van der Waals surface area contributed by atoms with Crippen LogP contribution in [0.4, 0.5) is 0 Å². The minimum atomic E-state index is -0.547. The number of ether oxygens (including phenoxy) is 1. The Bertz CT molecular complexity index is 481. The van der Waals surface area contributed by atoms with Gasteiger partial charge in [-0.1, -0.05) is 13.8 Å². The van der Waals surface area contributed by atoms with Crippen LogP contribution in [0.1, 0.15) is 31.0 Å². The second kappa shape index (κ2) is 8.47.